The summed E-state index contributed by atoms with van der Waals surface area (Å²) in [5.74, 6) is 0.131. The molecule has 1 fully saturated rings. The lowest BCUT2D eigenvalue weighted by molar-refractivity contribution is -0.123. The first-order chi connectivity index (χ1) is 10.0. The summed E-state index contributed by atoms with van der Waals surface area (Å²) in [5.41, 5.74) is 1.24. The highest BCUT2D eigenvalue weighted by molar-refractivity contribution is 8.01. The summed E-state index contributed by atoms with van der Waals surface area (Å²) in [5, 5.41) is 12.3. The highest BCUT2D eigenvalue weighted by Crippen LogP contribution is 2.45. The van der Waals surface area contributed by atoms with Crippen LogP contribution in [-0.4, -0.2) is 28.4 Å². The van der Waals surface area contributed by atoms with Crippen LogP contribution in [0.15, 0.2) is 29.2 Å². The third-order valence-corrected chi connectivity index (χ3v) is 5.50. The molecule has 1 aliphatic carbocycles. The smallest absolute Gasteiger partial charge is 0.236 e. The van der Waals surface area contributed by atoms with E-state index in [9.17, 15) is 9.90 Å². The number of amides is 1. The molecule has 1 saturated carbocycles. The first kappa shape index (κ1) is 16.4. The molecular weight excluding hydrogens is 282 g/mol. The van der Waals surface area contributed by atoms with Gasteiger partial charge in [-0.2, -0.15) is 0 Å². The van der Waals surface area contributed by atoms with Crippen molar-refractivity contribution in [2.24, 2.45) is 0 Å². The molecule has 21 heavy (non-hydrogen) atoms. The number of hydrogen-bond donors (Lipinski definition) is 2. The molecule has 0 radical (unpaired) electrons. The Hall–Kier alpha value is -1.00. The molecule has 1 aliphatic rings. The van der Waals surface area contributed by atoms with E-state index in [2.05, 4.69) is 36.5 Å². The van der Waals surface area contributed by atoms with E-state index >= 15 is 0 Å². The van der Waals surface area contributed by atoms with E-state index in [1.807, 2.05) is 0 Å². The van der Waals surface area contributed by atoms with Gasteiger partial charge >= 0.3 is 0 Å². The van der Waals surface area contributed by atoms with Gasteiger partial charge in [-0.1, -0.05) is 30.5 Å². The second-order valence-electron chi connectivity index (χ2n) is 6.01. The first-order valence-electron chi connectivity index (χ1n) is 7.74. The number of aliphatic hydroxyl groups is 1. The number of carbonyl (C=O) groups excluding carboxylic acids is 1. The lowest BCUT2D eigenvalue weighted by atomic mass is 10.1. The topological polar surface area (TPSA) is 49.3 Å². The minimum absolute atomic E-state index is 0.131. The van der Waals surface area contributed by atoms with E-state index in [0.29, 0.717) is 13.0 Å². The second-order valence-corrected chi connectivity index (χ2v) is 7.47. The highest BCUT2D eigenvalue weighted by atomic mass is 32.2. The quantitative estimate of drug-likeness (QED) is 0.848. The largest absolute Gasteiger partial charge is 0.393 e. The van der Waals surface area contributed by atoms with Gasteiger partial charge in [0.05, 0.1) is 10.9 Å². The highest BCUT2D eigenvalue weighted by Gasteiger charge is 2.41. The van der Waals surface area contributed by atoms with Crippen LogP contribution < -0.4 is 5.32 Å². The summed E-state index contributed by atoms with van der Waals surface area (Å²) in [6.07, 6.45) is 4.34. The Morgan fingerprint density at radius 2 is 1.95 bits per heavy atom. The Bertz CT molecular complexity index is 464. The van der Waals surface area contributed by atoms with Crippen molar-refractivity contribution in [3.63, 3.8) is 0 Å². The third-order valence-electron chi connectivity index (χ3n) is 4.01. The van der Waals surface area contributed by atoms with E-state index < -0.39 is 0 Å². The van der Waals surface area contributed by atoms with Crippen LogP contribution in [-0.2, 0) is 4.79 Å². The summed E-state index contributed by atoms with van der Waals surface area (Å²) < 4.78 is -0.325. The first-order valence-corrected chi connectivity index (χ1v) is 8.55. The molecule has 0 heterocycles. The number of aryl methyl sites for hydroxylation is 1. The van der Waals surface area contributed by atoms with Crippen LogP contribution in [0.25, 0.3) is 0 Å². The van der Waals surface area contributed by atoms with Gasteiger partial charge in [0.1, 0.15) is 0 Å². The molecule has 1 aromatic rings. The Morgan fingerprint density at radius 1 is 1.33 bits per heavy atom. The molecule has 0 bridgehead atoms. The Labute approximate surface area is 131 Å². The molecule has 1 aromatic carbocycles. The van der Waals surface area contributed by atoms with Crippen LogP contribution in [0.1, 0.15) is 44.6 Å². The lowest BCUT2D eigenvalue weighted by Gasteiger charge is -2.27. The fraction of sp³-hybridized carbons (Fsp3) is 0.588. The summed E-state index contributed by atoms with van der Waals surface area (Å²) in [7, 11) is 0. The summed E-state index contributed by atoms with van der Waals surface area (Å²) in [6, 6.07) is 8.39. The maximum Gasteiger partial charge on any atom is 0.236 e. The average Bonchev–Trinajstić information content (AvgIpc) is 2.91. The number of aliphatic hydroxyl groups excluding tert-OH is 1. The molecule has 0 spiro atoms. The fourth-order valence-electron chi connectivity index (χ4n) is 2.71. The van der Waals surface area contributed by atoms with Gasteiger partial charge in [0.2, 0.25) is 5.91 Å². The van der Waals surface area contributed by atoms with Crippen LogP contribution in [0.4, 0.5) is 0 Å². The molecule has 2 N–H and O–H groups in total. The molecule has 3 nitrogen and oxygen atoms in total. The van der Waals surface area contributed by atoms with E-state index in [0.717, 1.165) is 30.6 Å². The van der Waals surface area contributed by atoms with Gasteiger partial charge in [-0.15, -0.1) is 11.8 Å². The SMILES string of the molecule is Cc1ccc(SC2(C(=O)NCCC(C)O)CCCC2)cc1. The summed E-state index contributed by atoms with van der Waals surface area (Å²) >= 11 is 1.70. The third kappa shape index (κ3) is 4.48. The minimum atomic E-state index is -0.366. The Kier molecular flexibility index (Phi) is 5.71. The monoisotopic (exact) mass is 307 g/mol. The fourth-order valence-corrected chi connectivity index (χ4v) is 4.09. The van der Waals surface area contributed by atoms with Crippen LogP contribution in [0.5, 0.6) is 0 Å². The van der Waals surface area contributed by atoms with E-state index in [1.165, 1.54) is 5.56 Å². The maximum absolute atomic E-state index is 12.6. The maximum atomic E-state index is 12.6. The predicted octanol–water partition coefficient (Wildman–Crippen LogP) is 3.29. The molecule has 0 saturated heterocycles. The zero-order valence-corrected chi connectivity index (χ0v) is 13.7. The van der Waals surface area contributed by atoms with Crippen molar-refractivity contribution in [3.8, 4) is 0 Å². The van der Waals surface area contributed by atoms with Gasteiger partial charge in [0, 0.05) is 11.4 Å². The van der Waals surface area contributed by atoms with Crippen molar-refractivity contribution >= 4 is 17.7 Å². The molecule has 116 valence electrons. The predicted molar refractivity (Wildman–Crippen MR) is 87.5 cm³/mol. The second kappa shape index (κ2) is 7.32. The summed E-state index contributed by atoms with van der Waals surface area (Å²) in [6.45, 7) is 4.37. The number of thioether (sulfide) groups is 1. The van der Waals surface area contributed by atoms with Gasteiger partial charge < -0.3 is 10.4 Å². The van der Waals surface area contributed by atoms with E-state index in [4.69, 9.17) is 0 Å². The number of benzene rings is 1. The Morgan fingerprint density at radius 3 is 2.52 bits per heavy atom. The van der Waals surface area contributed by atoms with E-state index in [1.54, 1.807) is 18.7 Å². The lowest BCUT2D eigenvalue weighted by Crippen LogP contribution is -2.43. The van der Waals surface area contributed by atoms with Gasteiger partial charge in [0.25, 0.3) is 0 Å². The van der Waals surface area contributed by atoms with Gasteiger partial charge in [-0.3, -0.25) is 4.79 Å². The number of carbonyl (C=O) groups is 1. The van der Waals surface area contributed by atoms with Gasteiger partial charge in [-0.25, -0.2) is 0 Å². The van der Waals surface area contributed by atoms with E-state index in [-0.39, 0.29) is 16.8 Å². The van der Waals surface area contributed by atoms with Crippen molar-refractivity contribution in [3.05, 3.63) is 29.8 Å². The van der Waals surface area contributed by atoms with Crippen molar-refractivity contribution in [1.29, 1.82) is 0 Å². The zero-order chi connectivity index (χ0) is 15.3. The normalized spacial score (nSPS) is 18.4. The molecule has 4 heteroatoms. The molecule has 1 unspecified atom stereocenters. The van der Waals surface area contributed by atoms with Gasteiger partial charge in [0.15, 0.2) is 0 Å². The number of rotatable bonds is 6. The number of nitrogens with one attached hydrogen (secondary N) is 1. The summed E-state index contributed by atoms with van der Waals surface area (Å²) in [4.78, 5) is 13.8. The molecule has 2 rings (SSSR count). The standard InChI is InChI=1S/C17H25NO2S/c1-13-5-7-15(8-6-13)21-17(10-3-4-11-17)16(20)18-12-9-14(2)19/h5-8,14,19H,3-4,9-12H2,1-2H3,(H,18,20). The van der Waals surface area contributed by atoms with Crippen molar-refractivity contribution in [2.75, 3.05) is 6.54 Å². The molecule has 0 aromatic heterocycles. The van der Waals surface area contributed by atoms with Gasteiger partial charge in [-0.05, 0) is 45.2 Å². The van der Waals surface area contributed by atoms with Crippen LogP contribution >= 0.6 is 11.8 Å². The van der Waals surface area contributed by atoms with Crippen molar-refractivity contribution in [1.82, 2.24) is 5.32 Å². The minimum Gasteiger partial charge on any atom is -0.393 e. The number of hydrogen-bond acceptors (Lipinski definition) is 3. The average molecular weight is 307 g/mol. The van der Waals surface area contributed by atoms with Crippen molar-refractivity contribution < 1.29 is 9.90 Å². The molecule has 1 amide bonds. The van der Waals surface area contributed by atoms with Crippen LogP contribution in [0, 0.1) is 6.92 Å². The van der Waals surface area contributed by atoms with Crippen molar-refractivity contribution in [2.45, 2.75) is 61.7 Å². The van der Waals surface area contributed by atoms with Crippen LogP contribution in [0.3, 0.4) is 0 Å². The zero-order valence-electron chi connectivity index (χ0n) is 12.9. The molecule has 1 atom stereocenters. The molecular formula is C17H25NO2S. The Balaban J connectivity index is 2.02. The van der Waals surface area contributed by atoms with Crippen LogP contribution in [0.2, 0.25) is 0 Å². The molecule has 0 aliphatic heterocycles.